The molecule has 0 radical (unpaired) electrons. The molecule has 0 aliphatic carbocycles. The summed E-state index contributed by atoms with van der Waals surface area (Å²) in [5.41, 5.74) is 1.91. The third-order valence-corrected chi connectivity index (χ3v) is 1.66. The smallest absolute Gasteiger partial charge is 0.0947 e. The molecule has 0 aliphatic rings. The van der Waals surface area contributed by atoms with E-state index in [0.717, 1.165) is 17.6 Å². The van der Waals surface area contributed by atoms with E-state index in [4.69, 9.17) is 5.26 Å². The highest BCUT2D eigenvalue weighted by molar-refractivity contribution is 5.56. The Morgan fingerprint density at radius 3 is 2.58 bits per heavy atom. The molecule has 12 heavy (non-hydrogen) atoms. The van der Waals surface area contributed by atoms with Crippen LogP contribution in [-0.4, -0.2) is 0 Å². The van der Waals surface area contributed by atoms with Crippen LogP contribution in [0.25, 0.3) is 6.08 Å². The zero-order chi connectivity index (χ0) is 8.81. The first-order valence-corrected chi connectivity index (χ1v) is 4.02. The lowest BCUT2D eigenvalue weighted by atomic mass is 10.1. The zero-order valence-electron chi connectivity index (χ0n) is 7.12. The summed E-state index contributed by atoms with van der Waals surface area (Å²) in [5, 5.41) is 8.67. The van der Waals surface area contributed by atoms with Gasteiger partial charge in [0.1, 0.15) is 0 Å². The van der Waals surface area contributed by atoms with Crippen LogP contribution in [-0.2, 0) is 0 Å². The van der Waals surface area contributed by atoms with E-state index in [2.05, 4.69) is 6.07 Å². The summed E-state index contributed by atoms with van der Waals surface area (Å²) in [7, 11) is 0. The van der Waals surface area contributed by atoms with Gasteiger partial charge in [-0.2, -0.15) is 5.26 Å². The van der Waals surface area contributed by atoms with Crippen LogP contribution in [0.4, 0.5) is 0 Å². The van der Waals surface area contributed by atoms with Gasteiger partial charge in [-0.25, -0.2) is 0 Å². The third kappa shape index (κ3) is 2.25. The van der Waals surface area contributed by atoms with Crippen LogP contribution >= 0.6 is 0 Å². The van der Waals surface area contributed by atoms with E-state index in [-0.39, 0.29) is 0 Å². The van der Waals surface area contributed by atoms with Gasteiger partial charge in [0, 0.05) is 5.57 Å². The van der Waals surface area contributed by atoms with E-state index in [1.54, 1.807) is 0 Å². The van der Waals surface area contributed by atoms with Gasteiger partial charge in [-0.3, -0.25) is 0 Å². The minimum atomic E-state index is 0.797. The summed E-state index contributed by atoms with van der Waals surface area (Å²) in [6.07, 6.45) is 2.71. The zero-order valence-corrected chi connectivity index (χ0v) is 7.12. The number of allylic oxidation sites excluding steroid dienone is 1. The fourth-order valence-corrected chi connectivity index (χ4v) is 0.964. The molecule has 0 spiro atoms. The van der Waals surface area contributed by atoms with Gasteiger partial charge in [-0.15, -0.1) is 0 Å². The van der Waals surface area contributed by atoms with E-state index in [0.29, 0.717) is 0 Å². The molecule has 0 saturated heterocycles. The van der Waals surface area contributed by atoms with E-state index >= 15 is 0 Å². The van der Waals surface area contributed by atoms with Crippen molar-refractivity contribution in [3.63, 3.8) is 0 Å². The van der Waals surface area contributed by atoms with Crippen LogP contribution in [0.15, 0.2) is 35.9 Å². The average Bonchev–Trinajstić information content (AvgIpc) is 2.16. The predicted molar refractivity (Wildman–Crippen MR) is 50.3 cm³/mol. The second-order valence-electron chi connectivity index (χ2n) is 2.55. The molecule has 0 saturated carbocycles. The molecule has 1 rings (SSSR count). The van der Waals surface area contributed by atoms with Gasteiger partial charge >= 0.3 is 0 Å². The number of rotatable bonds is 2. The minimum absolute atomic E-state index is 0.797. The Morgan fingerprint density at radius 1 is 1.42 bits per heavy atom. The average molecular weight is 157 g/mol. The molecule has 1 aromatic rings. The normalized spacial score (nSPS) is 10.8. The quantitative estimate of drug-likeness (QED) is 0.605. The first-order chi connectivity index (χ1) is 5.86. The summed E-state index contributed by atoms with van der Waals surface area (Å²) in [5.74, 6) is 0. The van der Waals surface area contributed by atoms with Gasteiger partial charge in [0.2, 0.25) is 0 Å². The highest BCUT2D eigenvalue weighted by Gasteiger charge is 1.90. The van der Waals surface area contributed by atoms with Crippen LogP contribution in [0.3, 0.4) is 0 Å². The van der Waals surface area contributed by atoms with E-state index in [1.165, 1.54) is 0 Å². The van der Waals surface area contributed by atoms with Gasteiger partial charge in [0.15, 0.2) is 0 Å². The van der Waals surface area contributed by atoms with Gasteiger partial charge < -0.3 is 0 Å². The lowest BCUT2D eigenvalue weighted by Crippen LogP contribution is -1.75. The lowest BCUT2D eigenvalue weighted by Gasteiger charge is -1.93. The Bertz CT molecular complexity index is 304. The summed E-state index contributed by atoms with van der Waals surface area (Å²) >= 11 is 0. The standard InChI is InChI=1S/C11H11N/c1-2-10(9-12)8-11-6-4-3-5-7-11/h3-8H,2H2,1H3. The number of nitriles is 1. The molecule has 60 valence electrons. The van der Waals surface area contributed by atoms with Crippen LogP contribution < -0.4 is 0 Å². The summed E-state index contributed by atoms with van der Waals surface area (Å²) < 4.78 is 0. The van der Waals surface area contributed by atoms with Crippen molar-refractivity contribution < 1.29 is 0 Å². The fourth-order valence-electron chi connectivity index (χ4n) is 0.964. The topological polar surface area (TPSA) is 23.8 Å². The molecule has 0 N–H and O–H groups in total. The van der Waals surface area contributed by atoms with Crippen molar-refractivity contribution in [1.82, 2.24) is 0 Å². The summed E-state index contributed by atoms with van der Waals surface area (Å²) in [6, 6.07) is 12.1. The van der Waals surface area contributed by atoms with Gasteiger partial charge in [-0.05, 0) is 18.1 Å². The van der Waals surface area contributed by atoms with Crippen LogP contribution in [0, 0.1) is 11.3 Å². The molecule has 0 atom stereocenters. The Morgan fingerprint density at radius 2 is 2.08 bits per heavy atom. The van der Waals surface area contributed by atoms with E-state index < -0.39 is 0 Å². The van der Waals surface area contributed by atoms with Crippen molar-refractivity contribution >= 4 is 6.08 Å². The molecule has 1 heteroatoms. The van der Waals surface area contributed by atoms with Crippen molar-refractivity contribution in [3.8, 4) is 6.07 Å². The van der Waals surface area contributed by atoms with E-state index in [1.807, 2.05) is 43.3 Å². The Labute approximate surface area is 73.0 Å². The summed E-state index contributed by atoms with van der Waals surface area (Å²) in [6.45, 7) is 1.98. The van der Waals surface area contributed by atoms with Gasteiger partial charge in [0.05, 0.1) is 6.07 Å². The molecular formula is C11H11N. The third-order valence-electron chi connectivity index (χ3n) is 1.66. The molecule has 1 nitrogen and oxygen atoms in total. The SMILES string of the molecule is CCC(C#N)=Cc1ccccc1. The van der Waals surface area contributed by atoms with Crippen molar-refractivity contribution in [3.05, 3.63) is 41.5 Å². The highest BCUT2D eigenvalue weighted by Crippen LogP contribution is 2.07. The Balaban J connectivity index is 2.88. The highest BCUT2D eigenvalue weighted by atomic mass is 14.2. The molecular weight excluding hydrogens is 146 g/mol. The first-order valence-electron chi connectivity index (χ1n) is 4.02. The van der Waals surface area contributed by atoms with Crippen molar-refractivity contribution in [1.29, 1.82) is 5.26 Å². The van der Waals surface area contributed by atoms with Gasteiger partial charge in [-0.1, -0.05) is 37.3 Å². The van der Waals surface area contributed by atoms with Crippen molar-refractivity contribution in [2.24, 2.45) is 0 Å². The largest absolute Gasteiger partial charge is 0.193 e. The van der Waals surface area contributed by atoms with E-state index in [9.17, 15) is 0 Å². The maximum absolute atomic E-state index is 8.67. The predicted octanol–water partition coefficient (Wildman–Crippen LogP) is 3.00. The molecule has 0 bridgehead atoms. The lowest BCUT2D eigenvalue weighted by molar-refractivity contribution is 1.16. The van der Waals surface area contributed by atoms with Crippen molar-refractivity contribution in [2.75, 3.05) is 0 Å². The number of hydrogen-bond acceptors (Lipinski definition) is 1. The molecule has 0 heterocycles. The number of nitrogens with zero attached hydrogens (tertiary/aromatic N) is 1. The maximum Gasteiger partial charge on any atom is 0.0947 e. The second kappa shape index (κ2) is 4.35. The molecule has 0 fully saturated rings. The van der Waals surface area contributed by atoms with Crippen LogP contribution in [0.1, 0.15) is 18.9 Å². The fraction of sp³-hybridized carbons (Fsp3) is 0.182. The number of hydrogen-bond donors (Lipinski definition) is 0. The van der Waals surface area contributed by atoms with Crippen LogP contribution in [0.5, 0.6) is 0 Å². The number of benzene rings is 1. The summed E-state index contributed by atoms with van der Waals surface area (Å²) in [4.78, 5) is 0. The molecule has 0 aliphatic heterocycles. The van der Waals surface area contributed by atoms with Crippen molar-refractivity contribution in [2.45, 2.75) is 13.3 Å². The molecule has 1 aromatic carbocycles. The maximum atomic E-state index is 8.67. The molecule has 0 amide bonds. The van der Waals surface area contributed by atoms with Crippen LogP contribution in [0.2, 0.25) is 0 Å². The first kappa shape index (κ1) is 8.55. The van der Waals surface area contributed by atoms with Gasteiger partial charge in [0.25, 0.3) is 0 Å². The minimum Gasteiger partial charge on any atom is -0.193 e. The molecule has 0 unspecified atom stereocenters. The Kier molecular flexibility index (Phi) is 3.10. The monoisotopic (exact) mass is 157 g/mol. The second-order valence-corrected chi connectivity index (χ2v) is 2.55. The Hall–Kier alpha value is -1.55. The molecule has 0 aromatic heterocycles.